The molecule has 2 aromatic carbocycles. The van der Waals surface area contributed by atoms with Gasteiger partial charge in [-0.2, -0.15) is 5.10 Å². The molecule has 2 aromatic heterocycles. The fraction of sp³-hybridized carbons (Fsp3) is 0.240. The molecule has 3 heterocycles. The molecule has 168 valence electrons. The molecule has 2 N–H and O–H groups in total. The highest BCUT2D eigenvalue weighted by atomic mass is 16.5. The lowest BCUT2D eigenvalue weighted by molar-refractivity contribution is 0.00939. The van der Waals surface area contributed by atoms with Gasteiger partial charge in [-0.05, 0) is 49.4 Å². The summed E-state index contributed by atoms with van der Waals surface area (Å²) in [6.45, 7) is 5.03. The van der Waals surface area contributed by atoms with Crippen LogP contribution in [0.3, 0.4) is 0 Å². The quantitative estimate of drug-likeness (QED) is 0.446. The van der Waals surface area contributed by atoms with Crippen LogP contribution in [0, 0.1) is 0 Å². The van der Waals surface area contributed by atoms with Crippen LogP contribution >= 0.6 is 0 Å². The van der Waals surface area contributed by atoms with Gasteiger partial charge in [-0.25, -0.2) is 14.6 Å². The Hall–Kier alpha value is -3.75. The lowest BCUT2D eigenvalue weighted by atomic mass is 10.1. The van der Waals surface area contributed by atoms with Gasteiger partial charge in [-0.1, -0.05) is 24.3 Å². The molecule has 0 saturated carbocycles. The Kier molecular flexibility index (Phi) is 6.01. The maximum Gasteiger partial charge on any atom is 0.165 e. The van der Waals surface area contributed by atoms with Crippen LogP contribution in [0.4, 0.5) is 5.82 Å². The first-order valence-corrected chi connectivity index (χ1v) is 11.0. The van der Waals surface area contributed by atoms with Crippen molar-refractivity contribution in [3.63, 3.8) is 0 Å². The van der Waals surface area contributed by atoms with Gasteiger partial charge in [-0.15, -0.1) is 0 Å². The summed E-state index contributed by atoms with van der Waals surface area (Å²) in [4.78, 5) is 11.1. The number of morpholine rings is 1. The van der Waals surface area contributed by atoms with E-state index in [0.717, 1.165) is 41.2 Å². The zero-order valence-corrected chi connectivity index (χ0v) is 18.5. The molecular formula is C25H26N6O2. The van der Waals surface area contributed by atoms with Gasteiger partial charge in [-0.3, -0.25) is 4.90 Å². The van der Waals surface area contributed by atoms with E-state index in [1.807, 2.05) is 72.3 Å². The van der Waals surface area contributed by atoms with E-state index in [0.29, 0.717) is 24.7 Å². The average molecular weight is 443 g/mol. The van der Waals surface area contributed by atoms with Gasteiger partial charge < -0.3 is 15.2 Å². The molecule has 1 atom stereocenters. The van der Waals surface area contributed by atoms with Crippen molar-refractivity contribution >= 4 is 16.9 Å². The highest BCUT2D eigenvalue weighted by Gasteiger charge is 2.26. The van der Waals surface area contributed by atoms with Crippen LogP contribution < -0.4 is 10.5 Å². The summed E-state index contributed by atoms with van der Waals surface area (Å²) in [5, 5.41) is 5.74. The third-order valence-electron chi connectivity index (χ3n) is 5.66. The Morgan fingerprint density at radius 3 is 2.45 bits per heavy atom. The molecule has 1 saturated heterocycles. The van der Waals surface area contributed by atoms with Crippen LogP contribution in [0.5, 0.6) is 11.5 Å². The predicted octanol–water partition coefficient (Wildman–Crippen LogP) is 4.27. The number of rotatable bonds is 6. The van der Waals surface area contributed by atoms with E-state index in [4.69, 9.17) is 20.3 Å². The Morgan fingerprint density at radius 1 is 1.00 bits per heavy atom. The number of nitrogen functional groups attached to an aromatic ring is 1. The Bertz CT molecular complexity index is 1250. The van der Waals surface area contributed by atoms with Crippen molar-refractivity contribution in [3.8, 4) is 22.8 Å². The lowest BCUT2D eigenvalue weighted by Crippen LogP contribution is -2.41. The standard InChI is InChI=1S/C25H26N6O2/c1-2-6-21(30-13-15-32-16-14-30)31-25-22(24(26)27-17-28-25)23(29-31)18-9-11-20(12-10-18)33-19-7-4-3-5-8-19/h2-12,17,21H,13-16H2,1H3,(H2,26,27,28). The van der Waals surface area contributed by atoms with Crippen molar-refractivity contribution in [2.24, 2.45) is 0 Å². The summed E-state index contributed by atoms with van der Waals surface area (Å²) in [6, 6.07) is 17.5. The predicted molar refractivity (Wildman–Crippen MR) is 128 cm³/mol. The van der Waals surface area contributed by atoms with Crippen LogP contribution in [0.15, 0.2) is 73.1 Å². The zero-order chi connectivity index (χ0) is 22.6. The number of aromatic nitrogens is 4. The van der Waals surface area contributed by atoms with Crippen LogP contribution in [0.25, 0.3) is 22.3 Å². The van der Waals surface area contributed by atoms with Crippen molar-refractivity contribution in [1.29, 1.82) is 0 Å². The summed E-state index contributed by atoms with van der Waals surface area (Å²) in [6.07, 6.45) is 5.55. The van der Waals surface area contributed by atoms with E-state index in [-0.39, 0.29) is 6.17 Å². The van der Waals surface area contributed by atoms with Gasteiger partial charge in [0.1, 0.15) is 35.5 Å². The minimum atomic E-state index is -0.0925. The van der Waals surface area contributed by atoms with Crippen LogP contribution in [0.1, 0.15) is 13.1 Å². The molecule has 5 rings (SSSR count). The number of hydrogen-bond donors (Lipinski definition) is 1. The number of hydrogen-bond acceptors (Lipinski definition) is 7. The highest BCUT2D eigenvalue weighted by molar-refractivity contribution is 5.98. The van der Waals surface area contributed by atoms with Crippen molar-refractivity contribution in [2.75, 3.05) is 32.0 Å². The maximum absolute atomic E-state index is 6.31. The number of benzene rings is 2. The fourth-order valence-electron chi connectivity index (χ4n) is 4.06. The van der Waals surface area contributed by atoms with Crippen molar-refractivity contribution in [2.45, 2.75) is 13.1 Å². The molecule has 1 unspecified atom stereocenters. The third-order valence-corrected chi connectivity index (χ3v) is 5.66. The Labute approximate surface area is 192 Å². The maximum atomic E-state index is 6.31. The molecule has 8 heteroatoms. The molecule has 1 aliphatic rings. The molecule has 0 bridgehead atoms. The summed E-state index contributed by atoms with van der Waals surface area (Å²) >= 11 is 0. The van der Waals surface area contributed by atoms with E-state index < -0.39 is 0 Å². The minimum Gasteiger partial charge on any atom is -0.457 e. The first-order chi connectivity index (χ1) is 16.2. The summed E-state index contributed by atoms with van der Waals surface area (Å²) in [7, 11) is 0. The molecule has 1 aliphatic heterocycles. The SMILES string of the molecule is CC=CC(N1CCOCC1)n1nc(-c2ccc(Oc3ccccc3)cc2)c2c(N)ncnc21. The number of nitrogens with two attached hydrogens (primary N) is 1. The number of ether oxygens (including phenoxy) is 2. The van der Waals surface area contributed by atoms with E-state index in [9.17, 15) is 0 Å². The number of anilines is 1. The van der Waals surface area contributed by atoms with Crippen LogP contribution in [-0.4, -0.2) is 51.0 Å². The van der Waals surface area contributed by atoms with Crippen LogP contribution in [0.2, 0.25) is 0 Å². The Balaban J connectivity index is 1.54. The van der Waals surface area contributed by atoms with E-state index in [1.54, 1.807) is 0 Å². The summed E-state index contributed by atoms with van der Waals surface area (Å²) in [5.74, 6) is 1.95. The van der Waals surface area contributed by atoms with Crippen LogP contribution in [-0.2, 0) is 4.74 Å². The topological polar surface area (TPSA) is 91.3 Å². The van der Waals surface area contributed by atoms with Gasteiger partial charge in [0.2, 0.25) is 0 Å². The number of allylic oxidation sites excluding steroid dienone is 1. The molecule has 0 radical (unpaired) electrons. The van der Waals surface area contributed by atoms with E-state index in [2.05, 4.69) is 20.9 Å². The zero-order valence-electron chi connectivity index (χ0n) is 18.5. The normalized spacial score (nSPS) is 15.8. The Morgan fingerprint density at radius 2 is 1.73 bits per heavy atom. The van der Waals surface area contributed by atoms with E-state index >= 15 is 0 Å². The largest absolute Gasteiger partial charge is 0.457 e. The van der Waals surface area contributed by atoms with Gasteiger partial charge >= 0.3 is 0 Å². The second kappa shape index (κ2) is 9.40. The molecular weight excluding hydrogens is 416 g/mol. The van der Waals surface area contributed by atoms with Gasteiger partial charge in [0.15, 0.2) is 5.65 Å². The molecule has 4 aromatic rings. The molecule has 33 heavy (non-hydrogen) atoms. The van der Waals surface area contributed by atoms with Crippen molar-refractivity contribution < 1.29 is 9.47 Å². The monoisotopic (exact) mass is 442 g/mol. The molecule has 1 fully saturated rings. The molecule has 0 amide bonds. The fourth-order valence-corrected chi connectivity index (χ4v) is 4.06. The average Bonchev–Trinajstić information content (AvgIpc) is 3.25. The highest BCUT2D eigenvalue weighted by Crippen LogP contribution is 2.34. The second-order valence-electron chi connectivity index (χ2n) is 7.78. The molecule has 0 aliphatic carbocycles. The van der Waals surface area contributed by atoms with E-state index in [1.165, 1.54) is 6.33 Å². The first-order valence-electron chi connectivity index (χ1n) is 11.0. The van der Waals surface area contributed by atoms with Gasteiger partial charge in [0.05, 0.1) is 18.6 Å². The molecule has 0 spiro atoms. The smallest absolute Gasteiger partial charge is 0.165 e. The van der Waals surface area contributed by atoms with Gasteiger partial charge in [0, 0.05) is 18.7 Å². The number of fused-ring (bicyclic) bond motifs is 1. The first kappa shape index (κ1) is 21.1. The summed E-state index contributed by atoms with van der Waals surface area (Å²) < 4.78 is 13.4. The second-order valence-corrected chi connectivity index (χ2v) is 7.78. The van der Waals surface area contributed by atoms with Gasteiger partial charge in [0.25, 0.3) is 0 Å². The number of nitrogens with zero attached hydrogens (tertiary/aromatic N) is 5. The van der Waals surface area contributed by atoms with Crippen molar-refractivity contribution in [3.05, 3.63) is 73.1 Å². The van der Waals surface area contributed by atoms with Crippen molar-refractivity contribution in [1.82, 2.24) is 24.6 Å². The number of para-hydroxylation sites is 1. The molecule has 8 nitrogen and oxygen atoms in total. The minimum absolute atomic E-state index is 0.0925. The lowest BCUT2D eigenvalue weighted by Gasteiger charge is -2.32. The summed E-state index contributed by atoms with van der Waals surface area (Å²) in [5.41, 5.74) is 8.68. The third kappa shape index (κ3) is 4.30.